The Kier molecular flexibility index (Phi) is 8.83. The number of anilines is 1. The van der Waals surface area contributed by atoms with Crippen LogP contribution in [0.15, 0.2) is 72.8 Å². The highest BCUT2D eigenvalue weighted by Gasteiger charge is 2.09. The van der Waals surface area contributed by atoms with Crippen molar-refractivity contribution in [2.24, 2.45) is 5.73 Å². The first-order valence-electron chi connectivity index (χ1n) is 10.7. The van der Waals surface area contributed by atoms with E-state index in [1.807, 2.05) is 72.8 Å². The predicted octanol–water partition coefficient (Wildman–Crippen LogP) is 3.99. The Bertz CT molecular complexity index is 1020. The number of alkyl carbamates (subject to hydrolysis) is 1. The number of carbonyl (C=O) groups is 2. The van der Waals surface area contributed by atoms with Crippen molar-refractivity contribution in [1.29, 1.82) is 0 Å². The van der Waals surface area contributed by atoms with Crippen LogP contribution in [-0.2, 0) is 35.5 Å². The van der Waals surface area contributed by atoms with Gasteiger partial charge in [0.15, 0.2) is 0 Å². The Balaban J connectivity index is 1.45. The molecule has 0 aliphatic heterocycles. The van der Waals surface area contributed by atoms with E-state index in [2.05, 4.69) is 16.7 Å². The molecule has 0 bridgehead atoms. The molecule has 3 aromatic rings. The summed E-state index contributed by atoms with van der Waals surface area (Å²) in [5.74, 6) is -0.0662. The number of benzene rings is 3. The highest BCUT2D eigenvalue weighted by atomic mass is 16.5. The van der Waals surface area contributed by atoms with Gasteiger partial charge in [0.25, 0.3) is 0 Å². The van der Waals surface area contributed by atoms with E-state index in [-0.39, 0.29) is 12.5 Å². The maximum atomic E-state index is 12.5. The highest BCUT2D eigenvalue weighted by Crippen LogP contribution is 2.17. The molecule has 165 valence electrons. The number of carbonyl (C=O) groups excluding carboxylic acids is 2. The van der Waals surface area contributed by atoms with Gasteiger partial charge in [0.2, 0.25) is 5.91 Å². The first-order valence-corrected chi connectivity index (χ1v) is 10.7. The van der Waals surface area contributed by atoms with Gasteiger partial charge < -0.3 is 21.1 Å². The van der Waals surface area contributed by atoms with Crippen molar-refractivity contribution in [2.75, 3.05) is 11.9 Å². The predicted molar refractivity (Wildman–Crippen MR) is 125 cm³/mol. The van der Waals surface area contributed by atoms with Crippen LogP contribution in [0.1, 0.15) is 28.7 Å². The van der Waals surface area contributed by atoms with E-state index < -0.39 is 6.09 Å². The molecular formula is C26H28N3O3. The van der Waals surface area contributed by atoms with Crippen LogP contribution in [-0.4, -0.2) is 18.5 Å². The maximum absolute atomic E-state index is 12.5. The fourth-order valence-corrected chi connectivity index (χ4v) is 3.33. The molecule has 6 heteroatoms. The Labute approximate surface area is 188 Å². The van der Waals surface area contributed by atoms with Crippen LogP contribution in [0.5, 0.6) is 0 Å². The van der Waals surface area contributed by atoms with Crippen molar-refractivity contribution in [2.45, 2.75) is 32.4 Å². The molecule has 0 aromatic heterocycles. The van der Waals surface area contributed by atoms with Crippen LogP contribution in [0.2, 0.25) is 0 Å². The lowest BCUT2D eigenvalue weighted by atomic mass is 10.0. The first-order chi connectivity index (χ1) is 15.7. The van der Waals surface area contributed by atoms with Crippen LogP contribution >= 0.6 is 0 Å². The standard InChI is InChI=1S/C26H28N3O3/c27-18-23-12-5-4-10-21(23)14-15-25(30)29-24-13-7-6-11-22(24)16-17-28-26(31)32-19-20-8-2-1-3-9-20/h1-4,6-13H,14-19,27H2,(H,28,31)(H,29,30). The number of para-hydroxylation sites is 1. The van der Waals surface area contributed by atoms with Gasteiger partial charge in [-0.2, -0.15) is 0 Å². The Hall–Kier alpha value is -3.64. The average Bonchev–Trinajstić information content (AvgIpc) is 2.83. The van der Waals surface area contributed by atoms with Gasteiger partial charge in [0, 0.05) is 25.2 Å². The van der Waals surface area contributed by atoms with E-state index in [0.29, 0.717) is 32.4 Å². The van der Waals surface area contributed by atoms with Gasteiger partial charge in [-0.1, -0.05) is 60.7 Å². The van der Waals surface area contributed by atoms with Crippen LogP contribution in [0.3, 0.4) is 0 Å². The monoisotopic (exact) mass is 430 g/mol. The van der Waals surface area contributed by atoms with Crippen molar-refractivity contribution < 1.29 is 14.3 Å². The molecule has 3 aromatic carbocycles. The van der Waals surface area contributed by atoms with E-state index in [0.717, 1.165) is 27.9 Å². The van der Waals surface area contributed by atoms with Crippen LogP contribution < -0.4 is 16.4 Å². The number of ether oxygens (including phenoxy) is 1. The molecule has 0 saturated heterocycles. The summed E-state index contributed by atoms with van der Waals surface area (Å²) in [4.78, 5) is 24.4. The number of nitrogens with one attached hydrogen (secondary N) is 2. The zero-order valence-electron chi connectivity index (χ0n) is 18.0. The highest BCUT2D eigenvalue weighted by molar-refractivity contribution is 5.91. The second-order valence-corrected chi connectivity index (χ2v) is 7.34. The quantitative estimate of drug-likeness (QED) is 0.453. The van der Waals surface area contributed by atoms with E-state index in [4.69, 9.17) is 10.5 Å². The summed E-state index contributed by atoms with van der Waals surface area (Å²) in [5, 5.41) is 5.73. The number of rotatable bonds is 10. The summed E-state index contributed by atoms with van der Waals surface area (Å²) >= 11 is 0. The summed E-state index contributed by atoms with van der Waals surface area (Å²) in [5.41, 5.74) is 10.5. The van der Waals surface area contributed by atoms with Crippen LogP contribution in [0.25, 0.3) is 0 Å². The molecule has 0 aliphatic carbocycles. The number of hydrogen-bond donors (Lipinski definition) is 3. The molecule has 4 N–H and O–H groups in total. The number of amides is 2. The first kappa shape index (κ1) is 23.0. The Morgan fingerprint density at radius 3 is 2.50 bits per heavy atom. The van der Waals surface area contributed by atoms with Crippen molar-refractivity contribution in [3.8, 4) is 0 Å². The van der Waals surface area contributed by atoms with Crippen LogP contribution in [0.4, 0.5) is 10.5 Å². The van der Waals surface area contributed by atoms with Gasteiger partial charge in [0.1, 0.15) is 6.61 Å². The molecule has 0 heterocycles. The molecule has 0 unspecified atom stereocenters. The van der Waals surface area contributed by atoms with Gasteiger partial charge >= 0.3 is 6.09 Å². The minimum Gasteiger partial charge on any atom is -0.445 e. The van der Waals surface area contributed by atoms with E-state index in [9.17, 15) is 9.59 Å². The Morgan fingerprint density at radius 1 is 0.906 bits per heavy atom. The third-order valence-corrected chi connectivity index (χ3v) is 5.06. The van der Waals surface area contributed by atoms with Gasteiger partial charge in [-0.25, -0.2) is 4.79 Å². The molecule has 32 heavy (non-hydrogen) atoms. The molecule has 0 saturated carbocycles. The van der Waals surface area contributed by atoms with Crippen molar-refractivity contribution >= 4 is 17.7 Å². The normalized spacial score (nSPS) is 10.4. The molecule has 0 fully saturated rings. The van der Waals surface area contributed by atoms with Crippen molar-refractivity contribution in [3.05, 3.63) is 101 Å². The number of hydrogen-bond acceptors (Lipinski definition) is 4. The lowest BCUT2D eigenvalue weighted by Crippen LogP contribution is -2.26. The summed E-state index contributed by atoms with van der Waals surface area (Å²) < 4.78 is 5.22. The Morgan fingerprint density at radius 2 is 1.69 bits per heavy atom. The lowest BCUT2D eigenvalue weighted by Gasteiger charge is -2.12. The maximum Gasteiger partial charge on any atom is 0.407 e. The van der Waals surface area contributed by atoms with E-state index in [1.165, 1.54) is 0 Å². The van der Waals surface area contributed by atoms with Gasteiger partial charge in [-0.15, -0.1) is 0 Å². The third kappa shape index (κ3) is 7.25. The van der Waals surface area contributed by atoms with Crippen molar-refractivity contribution in [1.82, 2.24) is 5.32 Å². The summed E-state index contributed by atoms with van der Waals surface area (Å²) in [6.07, 6.45) is 1.08. The van der Waals surface area contributed by atoms with Gasteiger partial charge in [-0.3, -0.25) is 4.79 Å². The van der Waals surface area contributed by atoms with Gasteiger partial charge in [0.05, 0.1) is 0 Å². The largest absolute Gasteiger partial charge is 0.445 e. The average molecular weight is 431 g/mol. The molecule has 3 rings (SSSR count). The smallest absolute Gasteiger partial charge is 0.407 e. The SMILES string of the molecule is NCc1c[c]ccc1CCC(=O)Nc1ccccc1CCNC(=O)OCc1ccccc1. The minimum atomic E-state index is -0.466. The number of aryl methyl sites for hydroxylation is 1. The van der Waals surface area contributed by atoms with E-state index >= 15 is 0 Å². The summed E-state index contributed by atoms with van der Waals surface area (Å²) in [6, 6.07) is 25.8. The molecule has 1 radical (unpaired) electrons. The molecule has 0 atom stereocenters. The minimum absolute atomic E-state index is 0.0662. The molecule has 6 nitrogen and oxygen atoms in total. The molecule has 0 spiro atoms. The number of nitrogens with two attached hydrogens (primary N) is 1. The topological polar surface area (TPSA) is 93.5 Å². The molecular weight excluding hydrogens is 402 g/mol. The molecule has 2 amide bonds. The van der Waals surface area contributed by atoms with Gasteiger partial charge in [-0.05, 0) is 53.3 Å². The zero-order chi connectivity index (χ0) is 22.6. The fraction of sp³-hybridized carbons (Fsp3) is 0.231. The summed E-state index contributed by atoms with van der Waals surface area (Å²) in [6.45, 7) is 1.06. The second-order valence-electron chi connectivity index (χ2n) is 7.34. The van der Waals surface area contributed by atoms with Crippen LogP contribution in [0, 0.1) is 6.07 Å². The second kappa shape index (κ2) is 12.3. The lowest BCUT2D eigenvalue weighted by molar-refractivity contribution is -0.116. The summed E-state index contributed by atoms with van der Waals surface area (Å²) in [7, 11) is 0. The molecule has 0 aliphatic rings. The van der Waals surface area contributed by atoms with Crippen molar-refractivity contribution in [3.63, 3.8) is 0 Å². The zero-order valence-corrected chi connectivity index (χ0v) is 18.0. The fourth-order valence-electron chi connectivity index (χ4n) is 3.33. The van der Waals surface area contributed by atoms with E-state index in [1.54, 1.807) is 0 Å². The third-order valence-electron chi connectivity index (χ3n) is 5.06.